The molecule has 37 heavy (non-hydrogen) atoms. The van der Waals surface area contributed by atoms with Crippen molar-refractivity contribution >= 4 is 23.5 Å². The van der Waals surface area contributed by atoms with Gasteiger partial charge in [-0.2, -0.15) is 0 Å². The molecule has 1 aliphatic rings. The molecule has 2 aromatic carbocycles. The molecule has 0 unspecified atom stereocenters. The van der Waals surface area contributed by atoms with Crippen molar-refractivity contribution in [3.8, 4) is 17.2 Å². The van der Waals surface area contributed by atoms with E-state index < -0.39 is 5.41 Å². The number of carbonyl (C=O) groups excluding carboxylic acids is 3. The third-order valence-corrected chi connectivity index (χ3v) is 6.08. The predicted octanol–water partition coefficient (Wildman–Crippen LogP) is 5.34. The van der Waals surface area contributed by atoms with E-state index in [0.717, 1.165) is 24.0 Å². The Morgan fingerprint density at radius 3 is 2.30 bits per heavy atom. The van der Waals surface area contributed by atoms with Gasteiger partial charge < -0.3 is 24.4 Å². The van der Waals surface area contributed by atoms with Crippen LogP contribution in [0.4, 0.5) is 5.69 Å². The lowest BCUT2D eigenvalue weighted by Gasteiger charge is -2.24. The number of methoxy groups -OCH3 is 1. The van der Waals surface area contributed by atoms with E-state index in [9.17, 15) is 14.4 Å². The molecule has 0 aliphatic heterocycles. The van der Waals surface area contributed by atoms with E-state index in [1.807, 2.05) is 38.7 Å². The number of hydrogen-bond donors (Lipinski definition) is 1. The first-order valence-electron chi connectivity index (χ1n) is 12.8. The average Bonchev–Trinajstić information content (AvgIpc) is 3.69. The molecular formula is C29H38N2O6. The minimum Gasteiger partial charge on any atom is -0.493 e. The van der Waals surface area contributed by atoms with Gasteiger partial charge in [0.2, 0.25) is 11.8 Å². The van der Waals surface area contributed by atoms with Crippen molar-refractivity contribution in [3.05, 3.63) is 47.5 Å². The number of anilines is 1. The Morgan fingerprint density at radius 1 is 1.00 bits per heavy atom. The minimum atomic E-state index is -0.556. The van der Waals surface area contributed by atoms with Gasteiger partial charge in [-0.25, -0.2) is 0 Å². The van der Waals surface area contributed by atoms with Crippen molar-refractivity contribution < 1.29 is 28.6 Å². The predicted molar refractivity (Wildman–Crippen MR) is 142 cm³/mol. The first-order valence-corrected chi connectivity index (χ1v) is 12.8. The van der Waals surface area contributed by atoms with E-state index in [4.69, 9.17) is 14.2 Å². The third-order valence-electron chi connectivity index (χ3n) is 6.08. The number of carbonyl (C=O) groups is 3. The van der Waals surface area contributed by atoms with Gasteiger partial charge in [0.15, 0.2) is 11.5 Å². The molecule has 0 bridgehead atoms. The molecule has 1 saturated carbocycles. The van der Waals surface area contributed by atoms with Crippen molar-refractivity contribution in [2.75, 3.05) is 25.6 Å². The topological polar surface area (TPSA) is 94.2 Å². The van der Waals surface area contributed by atoms with Gasteiger partial charge in [-0.1, -0.05) is 26.8 Å². The van der Waals surface area contributed by atoms with Crippen LogP contribution in [0.25, 0.3) is 0 Å². The van der Waals surface area contributed by atoms with Crippen molar-refractivity contribution in [3.63, 3.8) is 0 Å². The summed E-state index contributed by atoms with van der Waals surface area (Å²) in [6.07, 6.45) is 1.95. The zero-order valence-corrected chi connectivity index (χ0v) is 22.7. The van der Waals surface area contributed by atoms with Crippen LogP contribution in [0.2, 0.25) is 0 Å². The van der Waals surface area contributed by atoms with Crippen LogP contribution < -0.4 is 14.8 Å². The number of rotatable bonds is 11. The summed E-state index contributed by atoms with van der Waals surface area (Å²) in [4.78, 5) is 39.3. The quantitative estimate of drug-likeness (QED) is 0.410. The standard InChI is InChI=1S/C29H38N2O6/c1-7-31(27(33)20-10-11-20)18-21-17-22(30-28(34)29(3,4)5)12-14-23(21)37-25-15-19(9-13-24(25)35-6)16-26(32)36-8-2/h9,12-15,17,20H,7-8,10-11,16,18H2,1-6H3,(H,30,34). The van der Waals surface area contributed by atoms with E-state index in [1.54, 1.807) is 44.4 Å². The normalized spacial score (nSPS) is 13.0. The first kappa shape index (κ1) is 28.0. The molecule has 0 radical (unpaired) electrons. The zero-order chi connectivity index (χ0) is 27.2. The molecule has 2 amide bonds. The first-order chi connectivity index (χ1) is 17.5. The van der Waals surface area contributed by atoms with Crippen LogP contribution in [0.1, 0.15) is 58.6 Å². The molecule has 0 atom stereocenters. The number of nitrogens with one attached hydrogen (secondary N) is 1. The van der Waals surface area contributed by atoms with Crippen LogP contribution in [-0.4, -0.2) is 42.9 Å². The maximum atomic E-state index is 12.9. The highest BCUT2D eigenvalue weighted by molar-refractivity contribution is 5.94. The Labute approximate surface area is 219 Å². The third kappa shape index (κ3) is 7.71. The highest BCUT2D eigenvalue weighted by Crippen LogP contribution is 2.37. The van der Waals surface area contributed by atoms with Gasteiger partial charge in [-0.15, -0.1) is 0 Å². The molecule has 0 spiro atoms. The van der Waals surface area contributed by atoms with Gasteiger partial charge in [0.1, 0.15) is 5.75 Å². The molecule has 8 nitrogen and oxygen atoms in total. The molecule has 1 aliphatic carbocycles. The molecule has 1 fully saturated rings. The van der Waals surface area contributed by atoms with Crippen molar-refractivity contribution in [2.24, 2.45) is 11.3 Å². The summed E-state index contributed by atoms with van der Waals surface area (Å²) in [5.74, 6) is 1.26. The maximum Gasteiger partial charge on any atom is 0.310 e. The van der Waals surface area contributed by atoms with Gasteiger partial charge in [0.05, 0.1) is 20.1 Å². The molecule has 0 saturated heterocycles. The van der Waals surface area contributed by atoms with Crippen molar-refractivity contribution in [1.29, 1.82) is 0 Å². The van der Waals surface area contributed by atoms with E-state index >= 15 is 0 Å². The molecule has 3 rings (SSSR count). The Balaban J connectivity index is 1.95. The highest BCUT2D eigenvalue weighted by Gasteiger charge is 2.33. The van der Waals surface area contributed by atoms with Crippen LogP contribution in [0, 0.1) is 11.3 Å². The number of ether oxygens (including phenoxy) is 3. The lowest BCUT2D eigenvalue weighted by Crippen LogP contribution is -2.31. The van der Waals surface area contributed by atoms with Gasteiger partial charge in [-0.05, 0) is 62.6 Å². The van der Waals surface area contributed by atoms with E-state index in [-0.39, 0.29) is 30.1 Å². The van der Waals surface area contributed by atoms with Crippen LogP contribution in [-0.2, 0) is 32.1 Å². The summed E-state index contributed by atoms with van der Waals surface area (Å²) in [5, 5.41) is 2.96. The lowest BCUT2D eigenvalue weighted by atomic mass is 9.95. The largest absolute Gasteiger partial charge is 0.493 e. The molecule has 0 aromatic heterocycles. The van der Waals surface area contributed by atoms with Crippen LogP contribution in [0.5, 0.6) is 17.2 Å². The van der Waals surface area contributed by atoms with Crippen LogP contribution >= 0.6 is 0 Å². The highest BCUT2D eigenvalue weighted by atomic mass is 16.5. The molecule has 8 heteroatoms. The Hall–Kier alpha value is -3.55. The summed E-state index contributed by atoms with van der Waals surface area (Å²) >= 11 is 0. The second kappa shape index (κ2) is 12.1. The Kier molecular flexibility index (Phi) is 9.18. The molecule has 200 valence electrons. The van der Waals surface area contributed by atoms with E-state index in [0.29, 0.717) is 42.6 Å². The summed E-state index contributed by atoms with van der Waals surface area (Å²) in [7, 11) is 1.55. The number of amides is 2. The maximum absolute atomic E-state index is 12.9. The van der Waals surface area contributed by atoms with Crippen molar-refractivity contribution in [2.45, 2.75) is 60.4 Å². The number of nitrogens with zero attached hydrogens (tertiary/aromatic N) is 1. The summed E-state index contributed by atoms with van der Waals surface area (Å²) in [5.41, 5.74) is 1.55. The monoisotopic (exact) mass is 510 g/mol. The summed E-state index contributed by atoms with van der Waals surface area (Å²) in [6.45, 7) is 10.5. The lowest BCUT2D eigenvalue weighted by molar-refractivity contribution is -0.142. The SMILES string of the molecule is CCOC(=O)Cc1ccc(OC)c(Oc2ccc(NC(=O)C(C)(C)C)cc2CN(CC)C(=O)C2CC2)c1. The summed E-state index contributed by atoms with van der Waals surface area (Å²) < 4.78 is 16.9. The smallest absolute Gasteiger partial charge is 0.310 e. The number of esters is 1. The van der Waals surface area contributed by atoms with Gasteiger partial charge in [0, 0.05) is 35.7 Å². The second-order valence-corrected chi connectivity index (χ2v) is 10.2. The fraction of sp³-hybridized carbons (Fsp3) is 0.483. The molecule has 1 N–H and O–H groups in total. The van der Waals surface area contributed by atoms with E-state index in [2.05, 4.69) is 5.32 Å². The molecule has 0 heterocycles. The fourth-order valence-corrected chi connectivity index (χ4v) is 3.75. The number of hydrogen-bond acceptors (Lipinski definition) is 6. The van der Waals surface area contributed by atoms with Gasteiger partial charge in [-0.3, -0.25) is 14.4 Å². The Bertz CT molecular complexity index is 1130. The Morgan fingerprint density at radius 2 is 1.70 bits per heavy atom. The van der Waals surface area contributed by atoms with Crippen molar-refractivity contribution in [1.82, 2.24) is 4.90 Å². The zero-order valence-electron chi connectivity index (χ0n) is 22.7. The number of benzene rings is 2. The van der Waals surface area contributed by atoms with Crippen LogP contribution in [0.3, 0.4) is 0 Å². The second-order valence-electron chi connectivity index (χ2n) is 10.2. The summed E-state index contributed by atoms with van der Waals surface area (Å²) in [6, 6.07) is 10.7. The van der Waals surface area contributed by atoms with Gasteiger partial charge in [0.25, 0.3) is 0 Å². The van der Waals surface area contributed by atoms with Gasteiger partial charge >= 0.3 is 5.97 Å². The fourth-order valence-electron chi connectivity index (χ4n) is 3.75. The minimum absolute atomic E-state index is 0.0905. The van der Waals surface area contributed by atoms with E-state index in [1.165, 1.54) is 0 Å². The van der Waals surface area contributed by atoms with Crippen LogP contribution in [0.15, 0.2) is 36.4 Å². The molecular weight excluding hydrogens is 472 g/mol. The average molecular weight is 511 g/mol. The molecule has 2 aromatic rings.